The fraction of sp³-hybridized carbons (Fsp3) is 0.583. The molecule has 1 rings (SSSR count). The molecule has 1 atom stereocenters. The maximum Gasteiger partial charge on any atom is 0.0619 e. The molecule has 1 N–H and O–H groups in total. The maximum atomic E-state index is 5.18. The Morgan fingerprint density at radius 2 is 2.33 bits per heavy atom. The molecule has 0 bridgehead atoms. The number of ether oxygens (including phenoxy) is 1. The van der Waals surface area contributed by atoms with E-state index in [2.05, 4.69) is 30.2 Å². The van der Waals surface area contributed by atoms with Crippen LogP contribution in [0.5, 0.6) is 0 Å². The summed E-state index contributed by atoms with van der Waals surface area (Å²) in [4.78, 5) is 4.39. The lowest BCUT2D eigenvalue weighted by atomic mass is 10.1. The molecule has 0 spiro atoms. The molecular weight excluding hydrogens is 188 g/mol. The number of methoxy groups -OCH3 is 1. The Morgan fingerprint density at radius 3 is 2.93 bits per heavy atom. The molecule has 3 heteroatoms. The predicted molar refractivity (Wildman–Crippen MR) is 62.0 cm³/mol. The van der Waals surface area contributed by atoms with Crippen LogP contribution >= 0.6 is 0 Å². The zero-order chi connectivity index (χ0) is 11.1. The predicted octanol–water partition coefficient (Wildman–Crippen LogP) is 1.56. The Morgan fingerprint density at radius 1 is 1.53 bits per heavy atom. The highest BCUT2D eigenvalue weighted by atomic mass is 16.5. The summed E-state index contributed by atoms with van der Waals surface area (Å²) in [5, 5.41) is 3.39. The highest BCUT2D eigenvalue weighted by molar-refractivity contribution is 5.18. The number of nitrogens with one attached hydrogen (secondary N) is 1. The van der Waals surface area contributed by atoms with E-state index in [-0.39, 0.29) is 0 Å². The van der Waals surface area contributed by atoms with Crippen LogP contribution < -0.4 is 5.32 Å². The largest absolute Gasteiger partial charge is 0.383 e. The van der Waals surface area contributed by atoms with Crippen LogP contribution in [0.15, 0.2) is 18.3 Å². The summed E-state index contributed by atoms with van der Waals surface area (Å²) in [7, 11) is 1.73. The first-order valence-electron chi connectivity index (χ1n) is 5.40. The summed E-state index contributed by atoms with van der Waals surface area (Å²) in [5.74, 6) is 0. The molecule has 0 fully saturated rings. The summed E-state index contributed by atoms with van der Waals surface area (Å²) in [5.41, 5.74) is 2.40. The van der Waals surface area contributed by atoms with Gasteiger partial charge in [0.05, 0.1) is 6.61 Å². The van der Waals surface area contributed by atoms with Crippen LogP contribution in [0, 0.1) is 6.92 Å². The maximum absolute atomic E-state index is 5.18. The van der Waals surface area contributed by atoms with Crippen LogP contribution in [0.25, 0.3) is 0 Å². The Bertz CT molecular complexity index is 283. The van der Waals surface area contributed by atoms with Gasteiger partial charge in [-0.05, 0) is 25.1 Å². The topological polar surface area (TPSA) is 34.1 Å². The lowest BCUT2D eigenvalue weighted by Crippen LogP contribution is -2.35. The number of nitrogens with zero attached hydrogens (tertiary/aromatic N) is 1. The van der Waals surface area contributed by atoms with Crippen LogP contribution in [0.2, 0.25) is 0 Å². The molecule has 1 unspecified atom stereocenters. The quantitative estimate of drug-likeness (QED) is 0.770. The van der Waals surface area contributed by atoms with Gasteiger partial charge in [-0.25, -0.2) is 0 Å². The molecule has 15 heavy (non-hydrogen) atoms. The molecule has 0 radical (unpaired) electrons. The first kappa shape index (κ1) is 12.1. The number of hydrogen-bond donors (Lipinski definition) is 1. The number of pyridine rings is 1. The van der Waals surface area contributed by atoms with E-state index >= 15 is 0 Å². The van der Waals surface area contributed by atoms with Gasteiger partial charge < -0.3 is 10.1 Å². The first-order valence-corrected chi connectivity index (χ1v) is 5.40. The van der Waals surface area contributed by atoms with Gasteiger partial charge in [-0.3, -0.25) is 4.98 Å². The van der Waals surface area contributed by atoms with Crippen molar-refractivity contribution in [1.82, 2.24) is 10.3 Å². The van der Waals surface area contributed by atoms with E-state index in [1.54, 1.807) is 7.11 Å². The zero-order valence-electron chi connectivity index (χ0n) is 9.79. The fourth-order valence-electron chi connectivity index (χ4n) is 1.65. The molecule has 0 amide bonds. The van der Waals surface area contributed by atoms with E-state index < -0.39 is 0 Å². The summed E-state index contributed by atoms with van der Waals surface area (Å²) in [6, 6.07) is 4.42. The number of hydrogen-bond acceptors (Lipinski definition) is 3. The van der Waals surface area contributed by atoms with Crippen molar-refractivity contribution < 1.29 is 4.74 Å². The molecule has 3 nitrogen and oxygen atoms in total. The minimum absolute atomic E-state index is 0.355. The third-order valence-electron chi connectivity index (χ3n) is 2.42. The molecule has 0 saturated heterocycles. The van der Waals surface area contributed by atoms with Gasteiger partial charge in [-0.15, -0.1) is 0 Å². The van der Waals surface area contributed by atoms with E-state index in [0.29, 0.717) is 6.04 Å². The van der Waals surface area contributed by atoms with Crippen molar-refractivity contribution in [3.8, 4) is 0 Å². The third-order valence-corrected chi connectivity index (χ3v) is 2.42. The second kappa shape index (κ2) is 6.53. The normalized spacial score (nSPS) is 12.7. The van der Waals surface area contributed by atoms with E-state index in [0.717, 1.165) is 25.3 Å². The second-order valence-electron chi connectivity index (χ2n) is 3.68. The summed E-state index contributed by atoms with van der Waals surface area (Å²) < 4.78 is 5.18. The van der Waals surface area contributed by atoms with E-state index in [1.165, 1.54) is 5.56 Å². The van der Waals surface area contributed by atoms with E-state index in [1.807, 2.05) is 12.3 Å². The first-order chi connectivity index (χ1) is 7.27. The molecule has 0 aromatic carbocycles. The smallest absolute Gasteiger partial charge is 0.0619 e. The Hall–Kier alpha value is -0.930. The number of aromatic nitrogens is 1. The van der Waals surface area contributed by atoms with Crippen LogP contribution in [0.4, 0.5) is 0 Å². The Labute approximate surface area is 91.9 Å². The van der Waals surface area contributed by atoms with Crippen molar-refractivity contribution in [2.75, 3.05) is 20.3 Å². The molecule has 1 aromatic rings. The van der Waals surface area contributed by atoms with E-state index in [9.17, 15) is 0 Å². The van der Waals surface area contributed by atoms with Gasteiger partial charge in [-0.1, -0.05) is 13.0 Å². The summed E-state index contributed by atoms with van der Waals surface area (Å²) in [6.45, 7) is 5.88. The van der Waals surface area contributed by atoms with Gasteiger partial charge >= 0.3 is 0 Å². The SMILES string of the molecule is CCNC(COC)Cc1ncccc1C. The molecule has 1 heterocycles. The standard InChI is InChI=1S/C12H20N2O/c1-4-13-11(9-15-3)8-12-10(2)6-5-7-14-12/h5-7,11,13H,4,8-9H2,1-3H3. The minimum atomic E-state index is 0.355. The van der Waals surface area contributed by atoms with Gasteiger partial charge in [0.25, 0.3) is 0 Å². The monoisotopic (exact) mass is 208 g/mol. The van der Waals surface area contributed by atoms with E-state index in [4.69, 9.17) is 4.74 Å². The van der Waals surface area contributed by atoms with Crippen molar-refractivity contribution in [1.29, 1.82) is 0 Å². The number of aryl methyl sites for hydroxylation is 1. The van der Waals surface area contributed by atoms with Gasteiger partial charge in [0.2, 0.25) is 0 Å². The molecule has 0 aliphatic heterocycles. The van der Waals surface area contributed by atoms with Gasteiger partial charge in [-0.2, -0.15) is 0 Å². The molecule has 0 aliphatic carbocycles. The summed E-state index contributed by atoms with van der Waals surface area (Å²) >= 11 is 0. The fourth-order valence-corrected chi connectivity index (χ4v) is 1.65. The molecule has 0 aliphatic rings. The van der Waals surface area contributed by atoms with Crippen molar-refractivity contribution >= 4 is 0 Å². The average Bonchev–Trinajstić information content (AvgIpc) is 2.22. The van der Waals surface area contributed by atoms with Crippen molar-refractivity contribution in [3.05, 3.63) is 29.6 Å². The summed E-state index contributed by atoms with van der Waals surface area (Å²) in [6.07, 6.45) is 2.77. The van der Waals surface area contributed by atoms with Gasteiger partial charge in [0.1, 0.15) is 0 Å². The molecule has 0 saturated carbocycles. The number of rotatable bonds is 6. The molecule has 1 aromatic heterocycles. The molecular formula is C12H20N2O. The highest BCUT2D eigenvalue weighted by Gasteiger charge is 2.09. The van der Waals surface area contributed by atoms with Crippen molar-refractivity contribution in [2.45, 2.75) is 26.3 Å². The highest BCUT2D eigenvalue weighted by Crippen LogP contribution is 2.06. The number of likely N-dealkylation sites (N-methyl/N-ethyl adjacent to an activating group) is 1. The third kappa shape index (κ3) is 3.98. The van der Waals surface area contributed by atoms with Crippen LogP contribution in [-0.4, -0.2) is 31.3 Å². The van der Waals surface area contributed by atoms with Gasteiger partial charge in [0.15, 0.2) is 0 Å². The Kier molecular flexibility index (Phi) is 5.29. The zero-order valence-corrected chi connectivity index (χ0v) is 9.79. The van der Waals surface area contributed by atoms with Crippen LogP contribution in [0.1, 0.15) is 18.2 Å². The second-order valence-corrected chi connectivity index (χ2v) is 3.68. The minimum Gasteiger partial charge on any atom is -0.383 e. The lowest BCUT2D eigenvalue weighted by molar-refractivity contribution is 0.166. The Balaban J connectivity index is 2.60. The van der Waals surface area contributed by atoms with Crippen molar-refractivity contribution in [2.24, 2.45) is 0 Å². The van der Waals surface area contributed by atoms with Gasteiger partial charge in [0, 0.05) is 31.5 Å². The molecule has 84 valence electrons. The average molecular weight is 208 g/mol. The van der Waals surface area contributed by atoms with Crippen LogP contribution in [0.3, 0.4) is 0 Å². The van der Waals surface area contributed by atoms with Crippen molar-refractivity contribution in [3.63, 3.8) is 0 Å². The van der Waals surface area contributed by atoms with Crippen LogP contribution in [-0.2, 0) is 11.2 Å². The lowest BCUT2D eigenvalue weighted by Gasteiger charge is -2.17.